The van der Waals surface area contributed by atoms with E-state index in [1.165, 1.54) is 0 Å². The van der Waals surface area contributed by atoms with Gasteiger partial charge in [-0.05, 0) is 39.3 Å². The van der Waals surface area contributed by atoms with Gasteiger partial charge in [0.25, 0.3) is 0 Å². The Morgan fingerprint density at radius 1 is 1.39 bits per heavy atom. The Kier molecular flexibility index (Phi) is 4.49. The molecule has 0 radical (unpaired) electrons. The number of nitrogens with zero attached hydrogens (tertiary/aromatic N) is 2. The van der Waals surface area contributed by atoms with E-state index in [-0.39, 0.29) is 13.0 Å². The van der Waals surface area contributed by atoms with Crippen LogP contribution in [0.5, 0.6) is 0 Å². The van der Waals surface area contributed by atoms with Gasteiger partial charge in [0.1, 0.15) is 11.4 Å². The van der Waals surface area contributed by atoms with Gasteiger partial charge in [-0.3, -0.25) is 0 Å². The first-order chi connectivity index (χ1) is 10.6. The summed E-state index contributed by atoms with van der Waals surface area (Å²) in [6.45, 7) is 7.79. The van der Waals surface area contributed by atoms with Crippen molar-refractivity contribution in [2.45, 2.75) is 45.3 Å². The first-order valence-electron chi connectivity index (χ1n) is 7.53. The lowest BCUT2D eigenvalue weighted by molar-refractivity contribution is -0.143. The molecule has 1 aromatic heterocycles. The van der Waals surface area contributed by atoms with Crippen molar-refractivity contribution < 1.29 is 19.4 Å². The SMILES string of the molecule is Cc1ccc(N2CCC(NC(=O)OC(C)(C)C)(C(=O)O)C2)nc1. The van der Waals surface area contributed by atoms with Crippen LogP contribution in [0.2, 0.25) is 0 Å². The summed E-state index contributed by atoms with van der Waals surface area (Å²) < 4.78 is 5.18. The van der Waals surface area contributed by atoms with Gasteiger partial charge in [0.05, 0.1) is 6.54 Å². The average molecular weight is 321 g/mol. The summed E-state index contributed by atoms with van der Waals surface area (Å²) in [5.74, 6) is -0.373. The Bertz CT molecular complexity index is 594. The van der Waals surface area contributed by atoms with Gasteiger partial charge >= 0.3 is 12.1 Å². The zero-order valence-electron chi connectivity index (χ0n) is 13.9. The van der Waals surface area contributed by atoms with Crippen LogP contribution in [0.4, 0.5) is 10.6 Å². The number of carboxylic acid groups (broad SMARTS) is 1. The molecule has 2 rings (SSSR count). The number of aromatic nitrogens is 1. The number of carboxylic acids is 1. The summed E-state index contributed by atoms with van der Waals surface area (Å²) in [4.78, 5) is 29.9. The lowest BCUT2D eigenvalue weighted by Crippen LogP contribution is -2.57. The van der Waals surface area contributed by atoms with Crippen molar-refractivity contribution in [2.24, 2.45) is 0 Å². The highest BCUT2D eigenvalue weighted by Gasteiger charge is 2.47. The zero-order valence-corrected chi connectivity index (χ0v) is 13.9. The van der Waals surface area contributed by atoms with Crippen molar-refractivity contribution in [3.05, 3.63) is 23.9 Å². The number of pyridine rings is 1. The first-order valence-corrected chi connectivity index (χ1v) is 7.53. The number of rotatable bonds is 3. The number of anilines is 1. The maximum absolute atomic E-state index is 12.0. The second-order valence-electron chi connectivity index (χ2n) is 6.88. The summed E-state index contributed by atoms with van der Waals surface area (Å²) in [5.41, 5.74) is -1.01. The van der Waals surface area contributed by atoms with E-state index in [1.807, 2.05) is 24.0 Å². The molecule has 1 atom stereocenters. The fraction of sp³-hybridized carbons (Fsp3) is 0.562. The Hall–Kier alpha value is -2.31. The quantitative estimate of drug-likeness (QED) is 0.884. The molecule has 23 heavy (non-hydrogen) atoms. The Balaban J connectivity index is 2.12. The van der Waals surface area contributed by atoms with Crippen LogP contribution < -0.4 is 10.2 Å². The maximum atomic E-state index is 12.0. The van der Waals surface area contributed by atoms with E-state index < -0.39 is 23.2 Å². The zero-order chi connectivity index (χ0) is 17.3. The lowest BCUT2D eigenvalue weighted by atomic mass is 9.99. The van der Waals surface area contributed by atoms with Crippen LogP contribution >= 0.6 is 0 Å². The molecule has 0 bridgehead atoms. The molecule has 0 spiro atoms. The van der Waals surface area contributed by atoms with E-state index in [1.54, 1.807) is 27.0 Å². The van der Waals surface area contributed by atoms with Gasteiger partial charge in [-0.25, -0.2) is 14.6 Å². The molecule has 1 aliphatic heterocycles. The normalized spacial score (nSPS) is 21.1. The molecule has 0 saturated carbocycles. The third-order valence-corrected chi connectivity index (χ3v) is 3.64. The molecule has 7 nitrogen and oxygen atoms in total. The van der Waals surface area contributed by atoms with Gasteiger partial charge in [-0.2, -0.15) is 0 Å². The van der Waals surface area contributed by atoms with Crippen molar-refractivity contribution >= 4 is 17.9 Å². The Labute approximate surface area is 135 Å². The van der Waals surface area contributed by atoms with Crippen molar-refractivity contribution in [3.8, 4) is 0 Å². The van der Waals surface area contributed by atoms with Crippen LogP contribution in [0, 0.1) is 6.92 Å². The minimum absolute atomic E-state index is 0.150. The minimum Gasteiger partial charge on any atom is -0.479 e. The Morgan fingerprint density at radius 2 is 2.09 bits per heavy atom. The van der Waals surface area contributed by atoms with Gasteiger partial charge in [-0.15, -0.1) is 0 Å². The molecule has 1 fully saturated rings. The van der Waals surface area contributed by atoms with Gasteiger partial charge in [0.15, 0.2) is 5.54 Å². The highest BCUT2D eigenvalue weighted by Crippen LogP contribution is 2.26. The first kappa shape index (κ1) is 17.1. The van der Waals surface area contributed by atoms with E-state index in [4.69, 9.17) is 4.74 Å². The van der Waals surface area contributed by atoms with Crippen molar-refractivity contribution in [1.29, 1.82) is 0 Å². The smallest absolute Gasteiger partial charge is 0.408 e. The average Bonchev–Trinajstić information content (AvgIpc) is 2.82. The highest BCUT2D eigenvalue weighted by atomic mass is 16.6. The van der Waals surface area contributed by atoms with Crippen molar-refractivity contribution in [2.75, 3.05) is 18.0 Å². The molecule has 1 aromatic rings. The molecule has 7 heteroatoms. The number of hydrogen-bond donors (Lipinski definition) is 2. The van der Waals surface area contributed by atoms with Crippen LogP contribution in [-0.4, -0.2) is 46.4 Å². The molecule has 1 unspecified atom stereocenters. The third-order valence-electron chi connectivity index (χ3n) is 3.64. The minimum atomic E-state index is -1.37. The topological polar surface area (TPSA) is 91.8 Å². The number of ether oxygens (including phenoxy) is 1. The van der Waals surface area contributed by atoms with Crippen LogP contribution in [0.25, 0.3) is 0 Å². The van der Waals surface area contributed by atoms with Crippen LogP contribution in [0.1, 0.15) is 32.8 Å². The molecule has 0 aromatic carbocycles. The number of hydrogen-bond acceptors (Lipinski definition) is 5. The summed E-state index contributed by atoms with van der Waals surface area (Å²) in [7, 11) is 0. The van der Waals surface area contributed by atoms with E-state index in [2.05, 4.69) is 10.3 Å². The number of carbonyl (C=O) groups excluding carboxylic acids is 1. The summed E-state index contributed by atoms with van der Waals surface area (Å²) in [5, 5.41) is 12.1. The number of carbonyl (C=O) groups is 2. The molecule has 2 N–H and O–H groups in total. The van der Waals surface area contributed by atoms with E-state index in [9.17, 15) is 14.7 Å². The molecule has 0 aliphatic carbocycles. The fourth-order valence-corrected chi connectivity index (χ4v) is 2.48. The molecular formula is C16H23N3O4. The highest BCUT2D eigenvalue weighted by molar-refractivity contribution is 5.86. The van der Waals surface area contributed by atoms with Gasteiger partial charge < -0.3 is 20.1 Å². The number of alkyl carbamates (subject to hydrolysis) is 1. The lowest BCUT2D eigenvalue weighted by Gasteiger charge is -2.28. The summed E-state index contributed by atoms with van der Waals surface area (Å²) >= 11 is 0. The van der Waals surface area contributed by atoms with Crippen LogP contribution in [0.3, 0.4) is 0 Å². The monoisotopic (exact) mass is 321 g/mol. The van der Waals surface area contributed by atoms with Gasteiger partial charge in [-0.1, -0.05) is 6.07 Å². The van der Waals surface area contributed by atoms with Crippen LogP contribution in [-0.2, 0) is 9.53 Å². The summed E-state index contributed by atoms with van der Waals surface area (Å²) in [6.07, 6.45) is 1.30. The van der Waals surface area contributed by atoms with Gasteiger partial charge in [0.2, 0.25) is 0 Å². The fourth-order valence-electron chi connectivity index (χ4n) is 2.48. The number of nitrogens with one attached hydrogen (secondary N) is 1. The molecule has 1 saturated heterocycles. The molecule has 1 aliphatic rings. The maximum Gasteiger partial charge on any atom is 0.408 e. The second-order valence-corrected chi connectivity index (χ2v) is 6.88. The number of aryl methyl sites for hydroxylation is 1. The molecular weight excluding hydrogens is 298 g/mol. The standard InChI is InChI=1S/C16H23N3O4/c1-11-5-6-12(17-9-11)19-8-7-16(10-19,13(20)21)18-14(22)23-15(2,3)4/h5-6,9H,7-8,10H2,1-4H3,(H,18,22)(H,20,21). The second kappa shape index (κ2) is 6.06. The predicted molar refractivity (Wildman–Crippen MR) is 85.5 cm³/mol. The molecule has 2 heterocycles. The summed E-state index contributed by atoms with van der Waals surface area (Å²) in [6, 6.07) is 3.77. The molecule has 126 valence electrons. The van der Waals surface area contributed by atoms with E-state index >= 15 is 0 Å². The van der Waals surface area contributed by atoms with Crippen LogP contribution in [0.15, 0.2) is 18.3 Å². The van der Waals surface area contributed by atoms with Gasteiger partial charge in [0, 0.05) is 19.2 Å². The van der Waals surface area contributed by atoms with Crippen molar-refractivity contribution in [3.63, 3.8) is 0 Å². The Morgan fingerprint density at radius 3 is 2.61 bits per heavy atom. The van der Waals surface area contributed by atoms with Crippen molar-refractivity contribution in [1.82, 2.24) is 10.3 Å². The molecule has 1 amide bonds. The largest absolute Gasteiger partial charge is 0.479 e. The number of aliphatic carboxylic acids is 1. The predicted octanol–water partition coefficient (Wildman–Crippen LogP) is 1.95. The number of amides is 1. The third kappa shape index (κ3) is 4.12. The van der Waals surface area contributed by atoms with E-state index in [0.717, 1.165) is 5.56 Å². The van der Waals surface area contributed by atoms with E-state index in [0.29, 0.717) is 12.4 Å².